The van der Waals surface area contributed by atoms with E-state index >= 15 is 0 Å². The van der Waals surface area contributed by atoms with E-state index in [9.17, 15) is 4.79 Å². The molecule has 0 spiro atoms. The van der Waals surface area contributed by atoms with E-state index < -0.39 is 5.60 Å². The van der Waals surface area contributed by atoms with Gasteiger partial charge in [-0.1, -0.05) is 26.7 Å². The standard InChI is InChI=1S/C24H38N2O3/c1-3-17-29-24(13-7-8-20(2)19-24)23(27)25-21-9-11-22(12-10-21)28-18-16-26-14-5-4-6-15-26/h9-12,20H,3-8,13-19H2,1-2H3,(H,25,27)/t20-,24+/m0/s1. The fraction of sp³-hybridized carbons (Fsp3) is 0.708. The van der Waals surface area contributed by atoms with Gasteiger partial charge in [0, 0.05) is 18.8 Å². The molecule has 5 heteroatoms. The predicted octanol–water partition coefficient (Wildman–Crippen LogP) is 4.87. The van der Waals surface area contributed by atoms with Crippen molar-refractivity contribution in [2.75, 3.05) is 38.2 Å². The number of carbonyl (C=O) groups is 1. The summed E-state index contributed by atoms with van der Waals surface area (Å²) in [5, 5.41) is 3.09. The third-order valence-electron chi connectivity index (χ3n) is 6.19. The zero-order valence-corrected chi connectivity index (χ0v) is 18.3. The molecule has 1 aliphatic carbocycles. The Bertz CT molecular complexity index is 628. The second-order valence-electron chi connectivity index (χ2n) is 8.77. The zero-order valence-electron chi connectivity index (χ0n) is 18.3. The Balaban J connectivity index is 1.51. The SMILES string of the molecule is CCCO[C@]1(C(=O)Nc2ccc(OCCN3CCCCC3)cc2)CCC[C@H](C)C1. The van der Waals surface area contributed by atoms with E-state index in [2.05, 4.69) is 24.1 Å². The van der Waals surface area contributed by atoms with Crippen LogP contribution < -0.4 is 10.1 Å². The number of nitrogens with zero attached hydrogens (tertiary/aromatic N) is 1. The molecule has 0 radical (unpaired) electrons. The fourth-order valence-electron chi connectivity index (χ4n) is 4.56. The summed E-state index contributed by atoms with van der Waals surface area (Å²) in [5.41, 5.74) is 0.119. The average Bonchev–Trinajstić information content (AvgIpc) is 2.74. The Morgan fingerprint density at radius 3 is 2.59 bits per heavy atom. The lowest BCUT2D eigenvalue weighted by Crippen LogP contribution is -2.48. The van der Waals surface area contributed by atoms with Crippen LogP contribution in [-0.2, 0) is 9.53 Å². The van der Waals surface area contributed by atoms with Crippen LogP contribution >= 0.6 is 0 Å². The van der Waals surface area contributed by atoms with Crippen LogP contribution in [0.5, 0.6) is 5.75 Å². The molecule has 1 saturated carbocycles. The number of hydrogen-bond donors (Lipinski definition) is 1. The Hall–Kier alpha value is -1.59. The Morgan fingerprint density at radius 2 is 1.90 bits per heavy atom. The average molecular weight is 403 g/mol. The number of hydrogen-bond acceptors (Lipinski definition) is 4. The largest absolute Gasteiger partial charge is 0.492 e. The molecule has 0 bridgehead atoms. The first-order valence-corrected chi connectivity index (χ1v) is 11.5. The quantitative estimate of drug-likeness (QED) is 0.640. The summed E-state index contributed by atoms with van der Waals surface area (Å²) >= 11 is 0. The topological polar surface area (TPSA) is 50.8 Å². The van der Waals surface area contributed by atoms with Crippen LogP contribution in [0, 0.1) is 5.92 Å². The first-order chi connectivity index (χ1) is 14.1. The predicted molar refractivity (Wildman–Crippen MR) is 117 cm³/mol. The molecule has 2 atom stereocenters. The van der Waals surface area contributed by atoms with Crippen LogP contribution in [0.4, 0.5) is 5.69 Å². The number of likely N-dealkylation sites (tertiary alicyclic amines) is 1. The molecule has 2 aliphatic rings. The summed E-state index contributed by atoms with van der Waals surface area (Å²) in [7, 11) is 0. The van der Waals surface area contributed by atoms with Crippen LogP contribution in [0.1, 0.15) is 65.2 Å². The molecular formula is C24H38N2O3. The third-order valence-corrected chi connectivity index (χ3v) is 6.19. The molecule has 1 saturated heterocycles. The number of nitrogens with one attached hydrogen (secondary N) is 1. The highest BCUT2D eigenvalue weighted by molar-refractivity contribution is 5.97. The van der Waals surface area contributed by atoms with Gasteiger partial charge in [0.2, 0.25) is 0 Å². The van der Waals surface area contributed by atoms with Crippen molar-refractivity contribution in [3.63, 3.8) is 0 Å². The maximum Gasteiger partial charge on any atom is 0.256 e. The molecule has 1 amide bonds. The molecular weight excluding hydrogens is 364 g/mol. The summed E-state index contributed by atoms with van der Waals surface area (Å²) in [5.74, 6) is 1.36. The van der Waals surface area contributed by atoms with Crippen molar-refractivity contribution in [1.29, 1.82) is 0 Å². The van der Waals surface area contributed by atoms with Gasteiger partial charge in [-0.15, -0.1) is 0 Å². The van der Waals surface area contributed by atoms with E-state index in [-0.39, 0.29) is 5.91 Å². The van der Waals surface area contributed by atoms with Gasteiger partial charge in [-0.25, -0.2) is 0 Å². The second-order valence-corrected chi connectivity index (χ2v) is 8.77. The lowest BCUT2D eigenvalue weighted by molar-refractivity contribution is -0.148. The summed E-state index contributed by atoms with van der Waals surface area (Å²) in [6.07, 6.45) is 8.71. The zero-order chi connectivity index (χ0) is 20.5. The van der Waals surface area contributed by atoms with Crippen molar-refractivity contribution in [3.05, 3.63) is 24.3 Å². The van der Waals surface area contributed by atoms with Crippen molar-refractivity contribution >= 4 is 11.6 Å². The number of anilines is 1. The van der Waals surface area contributed by atoms with Gasteiger partial charge in [-0.2, -0.15) is 0 Å². The van der Waals surface area contributed by atoms with Crippen molar-refractivity contribution in [2.24, 2.45) is 5.92 Å². The van der Waals surface area contributed by atoms with Crippen LogP contribution in [0.15, 0.2) is 24.3 Å². The summed E-state index contributed by atoms with van der Waals surface area (Å²) < 4.78 is 12.0. The Kier molecular flexibility index (Phi) is 8.37. The van der Waals surface area contributed by atoms with Gasteiger partial charge >= 0.3 is 0 Å². The van der Waals surface area contributed by atoms with Gasteiger partial charge in [0.1, 0.15) is 18.0 Å². The first kappa shape index (κ1) is 22.1. The molecule has 2 fully saturated rings. The molecule has 5 nitrogen and oxygen atoms in total. The van der Waals surface area contributed by atoms with Crippen LogP contribution in [-0.4, -0.2) is 49.3 Å². The molecule has 1 aromatic rings. The highest BCUT2D eigenvalue weighted by Crippen LogP contribution is 2.36. The Morgan fingerprint density at radius 1 is 1.14 bits per heavy atom. The van der Waals surface area contributed by atoms with Gasteiger partial charge in [0.05, 0.1) is 0 Å². The third kappa shape index (κ3) is 6.45. The highest BCUT2D eigenvalue weighted by Gasteiger charge is 2.42. The van der Waals surface area contributed by atoms with E-state index in [1.54, 1.807) is 0 Å². The molecule has 1 aliphatic heterocycles. The molecule has 162 valence electrons. The summed E-state index contributed by atoms with van der Waals surface area (Å²) in [6, 6.07) is 7.73. The monoisotopic (exact) mass is 402 g/mol. The number of rotatable bonds is 9. The number of ether oxygens (including phenoxy) is 2. The molecule has 1 heterocycles. The maximum absolute atomic E-state index is 13.1. The van der Waals surface area contributed by atoms with Crippen LogP contribution in [0.2, 0.25) is 0 Å². The van der Waals surface area contributed by atoms with Crippen LogP contribution in [0.3, 0.4) is 0 Å². The van der Waals surface area contributed by atoms with Crippen molar-refractivity contribution in [2.45, 2.75) is 70.8 Å². The maximum atomic E-state index is 13.1. The molecule has 1 aromatic carbocycles. The lowest BCUT2D eigenvalue weighted by Gasteiger charge is -2.38. The van der Waals surface area contributed by atoms with E-state index in [1.165, 1.54) is 38.8 Å². The van der Waals surface area contributed by atoms with Gasteiger partial charge in [-0.3, -0.25) is 9.69 Å². The smallest absolute Gasteiger partial charge is 0.256 e. The highest BCUT2D eigenvalue weighted by atomic mass is 16.5. The molecule has 0 unspecified atom stereocenters. The van der Waals surface area contributed by atoms with E-state index in [0.717, 1.165) is 43.7 Å². The summed E-state index contributed by atoms with van der Waals surface area (Å²) in [6.45, 7) is 8.99. The number of carbonyl (C=O) groups excluding carboxylic acids is 1. The molecule has 3 rings (SSSR count). The molecule has 29 heavy (non-hydrogen) atoms. The molecule has 0 aromatic heterocycles. The number of piperidine rings is 1. The van der Waals surface area contributed by atoms with Gasteiger partial charge < -0.3 is 14.8 Å². The van der Waals surface area contributed by atoms with Crippen molar-refractivity contribution < 1.29 is 14.3 Å². The summed E-state index contributed by atoms with van der Waals surface area (Å²) in [4.78, 5) is 15.6. The van der Waals surface area contributed by atoms with Gasteiger partial charge in [-0.05, 0) is 81.8 Å². The minimum absolute atomic E-state index is 0.00346. The normalized spacial score (nSPS) is 25.5. The number of benzene rings is 1. The lowest BCUT2D eigenvalue weighted by atomic mass is 9.78. The number of amides is 1. The van der Waals surface area contributed by atoms with Crippen molar-refractivity contribution in [3.8, 4) is 5.75 Å². The van der Waals surface area contributed by atoms with Gasteiger partial charge in [0.25, 0.3) is 5.91 Å². The minimum Gasteiger partial charge on any atom is -0.492 e. The second kappa shape index (κ2) is 11.0. The van der Waals surface area contributed by atoms with Gasteiger partial charge in [0.15, 0.2) is 0 Å². The van der Waals surface area contributed by atoms with E-state index in [0.29, 0.717) is 19.1 Å². The van der Waals surface area contributed by atoms with E-state index in [1.807, 2.05) is 24.3 Å². The van der Waals surface area contributed by atoms with Crippen LogP contribution in [0.25, 0.3) is 0 Å². The van der Waals surface area contributed by atoms with E-state index in [4.69, 9.17) is 9.47 Å². The van der Waals surface area contributed by atoms with Crippen molar-refractivity contribution in [1.82, 2.24) is 4.90 Å². The molecule has 1 N–H and O–H groups in total. The first-order valence-electron chi connectivity index (χ1n) is 11.5. The Labute approximate surface area is 176 Å². The fourth-order valence-corrected chi connectivity index (χ4v) is 4.56. The minimum atomic E-state index is -0.683.